The number of methoxy groups -OCH3 is 1. The number of likely N-dealkylation sites (N-methyl/N-ethyl adjacent to an activating group) is 1. The number of carbonyl (C=O) groups is 2. The third-order valence-corrected chi connectivity index (χ3v) is 2.25. The lowest BCUT2D eigenvalue weighted by atomic mass is 10.2. The molecule has 0 aliphatic heterocycles. The van der Waals surface area contributed by atoms with Gasteiger partial charge in [-0.15, -0.1) is 0 Å². The Morgan fingerprint density at radius 1 is 1.41 bits per heavy atom. The van der Waals surface area contributed by atoms with Gasteiger partial charge in [-0.25, -0.2) is 0 Å². The Hall–Kier alpha value is -2.11. The van der Waals surface area contributed by atoms with Crippen LogP contribution < -0.4 is 5.56 Å². The highest BCUT2D eigenvalue weighted by atomic mass is 16.5. The van der Waals surface area contributed by atoms with E-state index in [9.17, 15) is 14.4 Å². The monoisotopic (exact) mass is 238 g/mol. The second-order valence-electron chi connectivity index (χ2n) is 3.34. The van der Waals surface area contributed by atoms with Crippen LogP contribution in [-0.4, -0.2) is 42.0 Å². The number of rotatable bonds is 4. The van der Waals surface area contributed by atoms with Gasteiger partial charge < -0.3 is 14.6 Å². The minimum absolute atomic E-state index is 0.106. The van der Waals surface area contributed by atoms with E-state index in [0.717, 1.165) is 0 Å². The Morgan fingerprint density at radius 3 is 2.59 bits per heavy atom. The summed E-state index contributed by atoms with van der Waals surface area (Å²) in [6.07, 6.45) is 1.32. The summed E-state index contributed by atoms with van der Waals surface area (Å²) in [4.78, 5) is 37.6. The molecule has 1 aromatic heterocycles. The van der Waals surface area contributed by atoms with Crippen LogP contribution in [0.4, 0.5) is 0 Å². The fourth-order valence-electron chi connectivity index (χ4n) is 1.27. The van der Waals surface area contributed by atoms with Crippen LogP contribution in [0.1, 0.15) is 17.3 Å². The molecule has 0 radical (unpaired) electrons. The Bertz CT molecular complexity index is 446. The molecule has 0 saturated carbocycles. The molecule has 0 aliphatic rings. The number of pyridine rings is 1. The van der Waals surface area contributed by atoms with Gasteiger partial charge in [0.25, 0.3) is 5.91 Å². The number of hydrogen-bond donors (Lipinski definition) is 1. The average Bonchev–Trinajstić information content (AvgIpc) is 2.35. The van der Waals surface area contributed by atoms with E-state index in [2.05, 4.69) is 9.72 Å². The van der Waals surface area contributed by atoms with E-state index in [1.165, 1.54) is 30.3 Å². The van der Waals surface area contributed by atoms with Gasteiger partial charge in [0.15, 0.2) is 0 Å². The van der Waals surface area contributed by atoms with Gasteiger partial charge >= 0.3 is 5.97 Å². The molecule has 0 aliphatic carbocycles. The molecule has 0 unspecified atom stereocenters. The second-order valence-corrected chi connectivity index (χ2v) is 3.34. The summed E-state index contributed by atoms with van der Waals surface area (Å²) in [7, 11) is 1.26. The van der Waals surface area contributed by atoms with Crippen molar-refractivity contribution >= 4 is 11.9 Å². The maximum absolute atomic E-state index is 11.9. The van der Waals surface area contributed by atoms with Crippen LogP contribution in [0.2, 0.25) is 0 Å². The van der Waals surface area contributed by atoms with Crippen LogP contribution in [0.25, 0.3) is 0 Å². The van der Waals surface area contributed by atoms with Crippen molar-refractivity contribution in [3.05, 3.63) is 34.2 Å². The van der Waals surface area contributed by atoms with Crippen molar-refractivity contribution < 1.29 is 14.3 Å². The Kier molecular flexibility index (Phi) is 4.45. The highest BCUT2D eigenvalue weighted by Gasteiger charge is 2.17. The molecule has 0 atom stereocenters. The summed E-state index contributed by atoms with van der Waals surface area (Å²) >= 11 is 0. The quantitative estimate of drug-likeness (QED) is 0.749. The Balaban J connectivity index is 2.82. The molecular weight excluding hydrogens is 224 g/mol. The zero-order chi connectivity index (χ0) is 12.8. The van der Waals surface area contributed by atoms with Crippen molar-refractivity contribution in [2.45, 2.75) is 6.92 Å². The van der Waals surface area contributed by atoms with E-state index in [-0.39, 0.29) is 18.0 Å². The van der Waals surface area contributed by atoms with Gasteiger partial charge in [-0.2, -0.15) is 0 Å². The summed E-state index contributed by atoms with van der Waals surface area (Å²) in [6, 6.07) is 2.68. The van der Waals surface area contributed by atoms with Gasteiger partial charge in [0, 0.05) is 18.8 Å². The fraction of sp³-hybridized carbons (Fsp3) is 0.364. The topological polar surface area (TPSA) is 79.5 Å². The molecule has 0 fully saturated rings. The number of hydrogen-bond acceptors (Lipinski definition) is 4. The average molecular weight is 238 g/mol. The van der Waals surface area contributed by atoms with Gasteiger partial charge in [-0.1, -0.05) is 0 Å². The largest absolute Gasteiger partial charge is 0.468 e. The first-order chi connectivity index (χ1) is 8.08. The molecule has 0 aromatic carbocycles. The highest BCUT2D eigenvalue weighted by molar-refractivity contribution is 5.95. The third-order valence-electron chi connectivity index (χ3n) is 2.25. The van der Waals surface area contributed by atoms with E-state index in [1.54, 1.807) is 6.92 Å². The lowest BCUT2D eigenvalue weighted by Crippen LogP contribution is -2.36. The maximum atomic E-state index is 11.9. The fourth-order valence-corrected chi connectivity index (χ4v) is 1.27. The number of aromatic nitrogens is 1. The predicted molar refractivity (Wildman–Crippen MR) is 60.7 cm³/mol. The number of H-pyrrole nitrogens is 1. The first kappa shape index (κ1) is 13.0. The molecule has 0 spiro atoms. The van der Waals surface area contributed by atoms with Crippen molar-refractivity contribution in [3.8, 4) is 0 Å². The smallest absolute Gasteiger partial charge is 0.325 e. The van der Waals surface area contributed by atoms with E-state index >= 15 is 0 Å². The first-order valence-electron chi connectivity index (χ1n) is 5.13. The van der Waals surface area contributed by atoms with Crippen molar-refractivity contribution in [1.82, 2.24) is 9.88 Å². The molecule has 6 nitrogen and oxygen atoms in total. The van der Waals surface area contributed by atoms with Gasteiger partial charge in [-0.3, -0.25) is 14.4 Å². The van der Waals surface area contributed by atoms with Crippen LogP contribution in [0, 0.1) is 0 Å². The van der Waals surface area contributed by atoms with Crippen molar-refractivity contribution in [2.24, 2.45) is 0 Å². The second kappa shape index (κ2) is 5.83. The van der Waals surface area contributed by atoms with Gasteiger partial charge in [0.1, 0.15) is 6.54 Å². The molecule has 1 amide bonds. The summed E-state index contributed by atoms with van der Waals surface area (Å²) in [5.74, 6) is -0.807. The number of amides is 1. The van der Waals surface area contributed by atoms with Crippen LogP contribution >= 0.6 is 0 Å². The number of esters is 1. The summed E-state index contributed by atoms with van der Waals surface area (Å²) in [6.45, 7) is 2.03. The number of ether oxygens (including phenoxy) is 1. The first-order valence-corrected chi connectivity index (χ1v) is 5.13. The molecule has 1 N–H and O–H groups in total. The van der Waals surface area contributed by atoms with E-state index in [0.29, 0.717) is 12.1 Å². The van der Waals surface area contributed by atoms with E-state index in [4.69, 9.17) is 0 Å². The molecule has 92 valence electrons. The Labute approximate surface area is 98.2 Å². The van der Waals surface area contributed by atoms with Crippen molar-refractivity contribution in [1.29, 1.82) is 0 Å². The zero-order valence-electron chi connectivity index (χ0n) is 9.73. The lowest BCUT2D eigenvalue weighted by molar-refractivity contribution is -0.141. The molecular formula is C11H14N2O4. The standard InChI is InChI=1S/C11H14N2O4/c1-3-13(7-10(15)17-2)11(16)8-4-5-9(14)12-6-8/h4-6H,3,7H2,1-2H3,(H,12,14). The predicted octanol–water partition coefficient (Wildman–Crippen LogP) is 0.01000. The van der Waals surface area contributed by atoms with E-state index < -0.39 is 5.97 Å². The van der Waals surface area contributed by atoms with Gasteiger partial charge in [0.2, 0.25) is 5.56 Å². The molecule has 1 rings (SSSR count). The van der Waals surface area contributed by atoms with Gasteiger partial charge in [-0.05, 0) is 13.0 Å². The summed E-state index contributed by atoms with van der Waals surface area (Å²) in [5.41, 5.74) is 0.0490. The molecule has 0 bridgehead atoms. The maximum Gasteiger partial charge on any atom is 0.325 e. The highest BCUT2D eigenvalue weighted by Crippen LogP contribution is 2.01. The van der Waals surface area contributed by atoms with Crippen molar-refractivity contribution in [3.63, 3.8) is 0 Å². The Morgan fingerprint density at radius 2 is 2.12 bits per heavy atom. The number of carbonyl (C=O) groups excluding carboxylic acids is 2. The summed E-state index contributed by atoms with van der Waals surface area (Å²) < 4.78 is 4.50. The zero-order valence-corrected chi connectivity index (χ0v) is 9.73. The third kappa shape index (κ3) is 3.44. The normalized spacial score (nSPS) is 9.76. The molecule has 1 heterocycles. The number of nitrogens with one attached hydrogen (secondary N) is 1. The number of nitrogens with zero attached hydrogens (tertiary/aromatic N) is 1. The number of aromatic amines is 1. The van der Waals surface area contributed by atoms with Gasteiger partial charge in [0.05, 0.1) is 12.7 Å². The van der Waals surface area contributed by atoms with Crippen LogP contribution in [0.15, 0.2) is 23.1 Å². The van der Waals surface area contributed by atoms with Crippen LogP contribution in [0.5, 0.6) is 0 Å². The minimum atomic E-state index is -0.482. The van der Waals surface area contributed by atoms with E-state index in [1.807, 2.05) is 0 Å². The minimum Gasteiger partial charge on any atom is -0.468 e. The molecule has 6 heteroatoms. The lowest BCUT2D eigenvalue weighted by Gasteiger charge is -2.19. The molecule has 1 aromatic rings. The van der Waals surface area contributed by atoms with Crippen molar-refractivity contribution in [2.75, 3.05) is 20.2 Å². The molecule has 17 heavy (non-hydrogen) atoms. The summed E-state index contributed by atoms with van der Waals surface area (Å²) in [5, 5.41) is 0. The van der Waals surface area contributed by atoms with Crippen LogP contribution in [0.3, 0.4) is 0 Å². The molecule has 0 saturated heterocycles. The SMILES string of the molecule is CCN(CC(=O)OC)C(=O)c1ccc(=O)[nH]c1. The van der Waals surface area contributed by atoms with Crippen LogP contribution in [-0.2, 0) is 9.53 Å².